The number of nitrogens with one attached hydrogen (secondary N) is 1. The van der Waals surface area contributed by atoms with Gasteiger partial charge in [0.2, 0.25) is 0 Å². The number of hydrogen-bond donors (Lipinski definition) is 1. The van der Waals surface area contributed by atoms with E-state index in [1.165, 1.54) is 25.3 Å². The number of anilines is 1. The molecule has 0 aromatic heterocycles. The second-order valence-corrected chi connectivity index (χ2v) is 4.56. The second kappa shape index (κ2) is 6.39. The van der Waals surface area contributed by atoms with Crippen LogP contribution in [-0.4, -0.2) is 13.1 Å². The maximum atomic E-state index is 13.6. The van der Waals surface area contributed by atoms with Crippen molar-refractivity contribution in [2.45, 2.75) is 6.54 Å². The van der Waals surface area contributed by atoms with Gasteiger partial charge in [0.25, 0.3) is 0 Å². The molecular formula is C15H13ClFNO2. The van der Waals surface area contributed by atoms with Crippen LogP contribution in [0.15, 0.2) is 42.5 Å². The maximum absolute atomic E-state index is 13.6. The van der Waals surface area contributed by atoms with Crippen molar-refractivity contribution in [1.29, 1.82) is 0 Å². The lowest BCUT2D eigenvalue weighted by Gasteiger charge is -2.11. The summed E-state index contributed by atoms with van der Waals surface area (Å²) in [7, 11) is 1.32. The highest BCUT2D eigenvalue weighted by Crippen LogP contribution is 2.21. The topological polar surface area (TPSA) is 38.3 Å². The van der Waals surface area contributed by atoms with Crippen LogP contribution in [0.25, 0.3) is 0 Å². The lowest BCUT2D eigenvalue weighted by atomic mass is 10.1. The highest BCUT2D eigenvalue weighted by Gasteiger charge is 2.11. The van der Waals surface area contributed by atoms with Crippen LogP contribution in [0.1, 0.15) is 15.9 Å². The van der Waals surface area contributed by atoms with E-state index in [4.69, 9.17) is 16.3 Å². The number of carbonyl (C=O) groups excluding carboxylic acids is 1. The van der Waals surface area contributed by atoms with Gasteiger partial charge in [-0.1, -0.05) is 29.8 Å². The minimum atomic E-state index is -0.422. The van der Waals surface area contributed by atoms with E-state index in [2.05, 4.69) is 5.32 Å². The molecule has 3 nitrogen and oxygen atoms in total. The molecule has 2 rings (SSSR count). The summed E-state index contributed by atoms with van der Waals surface area (Å²) in [6.07, 6.45) is 0. The Morgan fingerprint density at radius 3 is 2.80 bits per heavy atom. The zero-order valence-corrected chi connectivity index (χ0v) is 11.6. The normalized spacial score (nSPS) is 10.2. The third kappa shape index (κ3) is 3.27. The number of rotatable bonds is 4. The molecule has 0 unspecified atom stereocenters. The Bertz CT molecular complexity index is 631. The minimum Gasteiger partial charge on any atom is -0.465 e. The van der Waals surface area contributed by atoms with Crippen molar-refractivity contribution in [3.63, 3.8) is 0 Å². The fourth-order valence-corrected chi connectivity index (χ4v) is 1.98. The van der Waals surface area contributed by atoms with Crippen molar-refractivity contribution >= 4 is 23.3 Å². The van der Waals surface area contributed by atoms with Gasteiger partial charge in [0.15, 0.2) is 0 Å². The summed E-state index contributed by atoms with van der Waals surface area (Å²) in [5.74, 6) is -0.820. The van der Waals surface area contributed by atoms with Gasteiger partial charge in [-0.15, -0.1) is 0 Å². The Labute approximate surface area is 121 Å². The van der Waals surface area contributed by atoms with Gasteiger partial charge < -0.3 is 10.1 Å². The fourth-order valence-electron chi connectivity index (χ4n) is 1.81. The number of esters is 1. The SMILES string of the molecule is COC(=O)c1ccccc1CNc1cc(Cl)ccc1F. The summed E-state index contributed by atoms with van der Waals surface area (Å²) >= 11 is 5.82. The Morgan fingerprint density at radius 1 is 1.30 bits per heavy atom. The van der Waals surface area contributed by atoms with E-state index in [1.54, 1.807) is 24.3 Å². The summed E-state index contributed by atoms with van der Waals surface area (Å²) < 4.78 is 18.3. The summed E-state index contributed by atoms with van der Waals surface area (Å²) in [5, 5.41) is 3.36. The zero-order valence-electron chi connectivity index (χ0n) is 10.8. The first-order valence-electron chi connectivity index (χ1n) is 5.97. The highest BCUT2D eigenvalue weighted by molar-refractivity contribution is 6.30. The molecule has 1 N–H and O–H groups in total. The number of methoxy groups -OCH3 is 1. The minimum absolute atomic E-state index is 0.289. The van der Waals surface area contributed by atoms with Crippen molar-refractivity contribution in [1.82, 2.24) is 0 Å². The van der Waals surface area contributed by atoms with Crippen LogP contribution in [-0.2, 0) is 11.3 Å². The first kappa shape index (κ1) is 14.3. The summed E-state index contributed by atoms with van der Waals surface area (Å²) in [4.78, 5) is 11.6. The summed E-state index contributed by atoms with van der Waals surface area (Å²) in [5.41, 5.74) is 1.46. The van der Waals surface area contributed by atoms with Crippen LogP contribution in [0.2, 0.25) is 5.02 Å². The van der Waals surface area contributed by atoms with Crippen molar-refractivity contribution in [2.75, 3.05) is 12.4 Å². The number of halogens is 2. The highest BCUT2D eigenvalue weighted by atomic mass is 35.5. The van der Waals surface area contributed by atoms with Crippen molar-refractivity contribution < 1.29 is 13.9 Å². The van der Waals surface area contributed by atoms with E-state index in [-0.39, 0.29) is 5.69 Å². The lowest BCUT2D eigenvalue weighted by molar-refractivity contribution is 0.0599. The molecule has 0 aliphatic rings. The predicted molar refractivity (Wildman–Crippen MR) is 76.5 cm³/mol. The quantitative estimate of drug-likeness (QED) is 0.870. The van der Waals surface area contributed by atoms with E-state index < -0.39 is 11.8 Å². The lowest BCUT2D eigenvalue weighted by Crippen LogP contribution is -2.09. The van der Waals surface area contributed by atoms with Crippen molar-refractivity contribution in [2.24, 2.45) is 0 Å². The van der Waals surface area contributed by atoms with E-state index in [0.29, 0.717) is 17.1 Å². The molecule has 0 bridgehead atoms. The standard InChI is InChI=1S/C15H13ClFNO2/c1-20-15(19)12-5-3-2-4-10(12)9-18-14-8-11(16)6-7-13(14)17/h2-8,18H,9H2,1H3. The first-order chi connectivity index (χ1) is 9.61. The van der Waals surface area contributed by atoms with Gasteiger partial charge in [0.05, 0.1) is 18.4 Å². The molecule has 0 fully saturated rings. The van der Waals surface area contributed by atoms with E-state index in [1.807, 2.05) is 0 Å². The Kier molecular flexibility index (Phi) is 4.58. The summed E-state index contributed by atoms with van der Waals surface area (Å²) in [6.45, 7) is 0.294. The van der Waals surface area contributed by atoms with Gasteiger partial charge in [0.1, 0.15) is 5.82 Å². The predicted octanol–water partition coefficient (Wildman–Crippen LogP) is 3.88. The van der Waals surface area contributed by atoms with Crippen molar-refractivity contribution in [3.05, 3.63) is 64.4 Å². The first-order valence-corrected chi connectivity index (χ1v) is 6.34. The van der Waals surface area contributed by atoms with Crippen LogP contribution in [0, 0.1) is 5.82 Å². The third-order valence-electron chi connectivity index (χ3n) is 2.82. The van der Waals surface area contributed by atoms with Crippen LogP contribution in [0.3, 0.4) is 0 Å². The molecule has 0 atom stereocenters. The van der Waals surface area contributed by atoms with Gasteiger partial charge in [0, 0.05) is 11.6 Å². The number of benzene rings is 2. The molecule has 0 amide bonds. The molecule has 2 aromatic carbocycles. The number of hydrogen-bond acceptors (Lipinski definition) is 3. The van der Waals surface area contributed by atoms with E-state index >= 15 is 0 Å². The largest absolute Gasteiger partial charge is 0.465 e. The maximum Gasteiger partial charge on any atom is 0.338 e. The molecule has 0 aliphatic carbocycles. The van der Waals surface area contributed by atoms with Gasteiger partial charge in [-0.2, -0.15) is 0 Å². The molecule has 2 aromatic rings. The molecule has 0 radical (unpaired) electrons. The molecule has 0 saturated carbocycles. The molecule has 0 aliphatic heterocycles. The van der Waals surface area contributed by atoms with Crippen LogP contribution in [0.4, 0.5) is 10.1 Å². The van der Waals surface area contributed by atoms with Crippen LogP contribution >= 0.6 is 11.6 Å². The zero-order chi connectivity index (χ0) is 14.5. The number of ether oxygens (including phenoxy) is 1. The Morgan fingerprint density at radius 2 is 2.05 bits per heavy atom. The molecule has 0 saturated heterocycles. The smallest absolute Gasteiger partial charge is 0.338 e. The van der Waals surface area contributed by atoms with Gasteiger partial charge in [-0.05, 0) is 29.8 Å². The molecule has 5 heteroatoms. The Hall–Kier alpha value is -2.07. The molecule has 0 heterocycles. The average Bonchev–Trinajstić information content (AvgIpc) is 2.47. The average molecular weight is 294 g/mol. The van der Waals surface area contributed by atoms with Crippen molar-refractivity contribution in [3.8, 4) is 0 Å². The van der Waals surface area contributed by atoms with Gasteiger partial charge >= 0.3 is 5.97 Å². The van der Waals surface area contributed by atoms with Crippen LogP contribution in [0.5, 0.6) is 0 Å². The third-order valence-corrected chi connectivity index (χ3v) is 3.06. The Balaban J connectivity index is 2.19. The van der Waals surface area contributed by atoms with Gasteiger partial charge in [-0.3, -0.25) is 0 Å². The molecule has 20 heavy (non-hydrogen) atoms. The second-order valence-electron chi connectivity index (χ2n) is 4.13. The van der Waals surface area contributed by atoms with E-state index in [9.17, 15) is 9.18 Å². The fraction of sp³-hybridized carbons (Fsp3) is 0.133. The molecular weight excluding hydrogens is 281 g/mol. The number of carbonyl (C=O) groups is 1. The molecule has 0 spiro atoms. The molecule has 104 valence electrons. The van der Waals surface area contributed by atoms with Crippen LogP contribution < -0.4 is 5.32 Å². The van der Waals surface area contributed by atoms with E-state index in [0.717, 1.165) is 5.56 Å². The summed E-state index contributed by atoms with van der Waals surface area (Å²) in [6, 6.07) is 11.3. The monoisotopic (exact) mass is 293 g/mol. The van der Waals surface area contributed by atoms with Gasteiger partial charge in [-0.25, -0.2) is 9.18 Å².